The largest absolute Gasteiger partial charge is 0.322 e. The molecule has 1 aromatic rings. The number of rotatable bonds is 11. The van der Waals surface area contributed by atoms with Crippen molar-refractivity contribution in [3.63, 3.8) is 0 Å². The minimum atomic E-state index is -0.543. The van der Waals surface area contributed by atoms with Gasteiger partial charge in [0, 0.05) is 23.4 Å². The molecule has 1 N–H and O–H groups in total. The molecule has 1 unspecified atom stereocenters. The standard InChI is InChI=1S/C28H38N2O3S/c31-25-13-12-23(26(32)29-25)30-19-22-21(27(30)33)10-7-11-24(22)34-16-6-4-2-1-3-5-9-20-17-28(18-20)14-8-15-28/h7,10-11,20,23H,1-6,8-9,12-19H2,(H,29,31,32). The highest BCUT2D eigenvalue weighted by atomic mass is 32.2. The Morgan fingerprint density at radius 2 is 1.76 bits per heavy atom. The van der Waals surface area contributed by atoms with E-state index in [9.17, 15) is 14.4 Å². The van der Waals surface area contributed by atoms with Crippen LogP contribution in [0.5, 0.6) is 0 Å². The zero-order valence-corrected chi connectivity index (χ0v) is 21.1. The van der Waals surface area contributed by atoms with Gasteiger partial charge in [-0.05, 0) is 73.3 Å². The second kappa shape index (κ2) is 10.4. The molecular formula is C28H38N2O3S. The zero-order valence-electron chi connectivity index (χ0n) is 20.3. The van der Waals surface area contributed by atoms with Gasteiger partial charge in [-0.15, -0.1) is 11.8 Å². The quantitative estimate of drug-likeness (QED) is 0.244. The molecule has 1 saturated heterocycles. The maximum Gasteiger partial charge on any atom is 0.255 e. The van der Waals surface area contributed by atoms with Crippen LogP contribution in [0.3, 0.4) is 0 Å². The topological polar surface area (TPSA) is 66.5 Å². The average molecular weight is 483 g/mol. The van der Waals surface area contributed by atoms with Gasteiger partial charge in [-0.1, -0.05) is 51.0 Å². The zero-order chi connectivity index (χ0) is 23.5. The number of hydrogen-bond acceptors (Lipinski definition) is 4. The number of benzene rings is 1. The van der Waals surface area contributed by atoms with E-state index in [1.807, 2.05) is 23.9 Å². The van der Waals surface area contributed by atoms with Crippen molar-refractivity contribution in [3.05, 3.63) is 29.3 Å². The molecule has 1 atom stereocenters. The van der Waals surface area contributed by atoms with Gasteiger partial charge in [-0.3, -0.25) is 19.7 Å². The van der Waals surface area contributed by atoms with E-state index in [2.05, 4.69) is 11.4 Å². The summed E-state index contributed by atoms with van der Waals surface area (Å²) in [6, 6.07) is 5.36. The SMILES string of the molecule is O=C1CCC(N2Cc3c(SCCCCCCCCC4CC5(CCC5)C4)cccc3C2=O)C(=O)N1. The molecule has 34 heavy (non-hydrogen) atoms. The maximum atomic E-state index is 12.9. The summed E-state index contributed by atoms with van der Waals surface area (Å²) in [7, 11) is 0. The Hall–Kier alpha value is -1.82. The second-order valence-electron chi connectivity index (χ2n) is 11.1. The van der Waals surface area contributed by atoms with E-state index in [4.69, 9.17) is 0 Å². The third-order valence-electron chi connectivity index (χ3n) is 8.66. The van der Waals surface area contributed by atoms with Crippen molar-refractivity contribution >= 4 is 29.5 Å². The Labute approximate surface area is 207 Å². The predicted octanol–water partition coefficient (Wildman–Crippen LogP) is 5.85. The van der Waals surface area contributed by atoms with Crippen molar-refractivity contribution in [1.82, 2.24) is 10.2 Å². The van der Waals surface area contributed by atoms with Crippen LogP contribution in [0.2, 0.25) is 0 Å². The highest BCUT2D eigenvalue weighted by Gasteiger charge is 2.47. The lowest BCUT2D eigenvalue weighted by Gasteiger charge is -2.54. The molecule has 0 radical (unpaired) electrons. The fraction of sp³-hybridized carbons (Fsp3) is 0.679. The van der Waals surface area contributed by atoms with Crippen LogP contribution in [-0.4, -0.2) is 34.4 Å². The maximum absolute atomic E-state index is 12.9. The minimum absolute atomic E-state index is 0.0864. The van der Waals surface area contributed by atoms with Crippen LogP contribution < -0.4 is 5.32 Å². The van der Waals surface area contributed by atoms with Crippen molar-refractivity contribution in [2.75, 3.05) is 5.75 Å². The lowest BCUT2D eigenvalue weighted by molar-refractivity contribution is -0.136. The lowest BCUT2D eigenvalue weighted by Crippen LogP contribution is -2.52. The lowest BCUT2D eigenvalue weighted by atomic mass is 9.51. The van der Waals surface area contributed by atoms with Gasteiger partial charge in [0.2, 0.25) is 11.8 Å². The molecule has 2 aliphatic carbocycles. The van der Waals surface area contributed by atoms with Crippen molar-refractivity contribution in [1.29, 1.82) is 0 Å². The van der Waals surface area contributed by atoms with Gasteiger partial charge in [-0.25, -0.2) is 0 Å². The Morgan fingerprint density at radius 1 is 1.00 bits per heavy atom. The first kappa shape index (κ1) is 23.9. The third kappa shape index (κ3) is 5.07. The molecule has 5 rings (SSSR count). The molecule has 2 saturated carbocycles. The monoisotopic (exact) mass is 482 g/mol. The molecule has 3 amide bonds. The molecule has 5 nitrogen and oxygen atoms in total. The van der Waals surface area contributed by atoms with Crippen LogP contribution in [-0.2, 0) is 16.1 Å². The highest BCUT2D eigenvalue weighted by Crippen LogP contribution is 2.59. The number of imide groups is 1. The van der Waals surface area contributed by atoms with Crippen molar-refractivity contribution in [2.45, 2.75) is 107 Å². The Balaban J connectivity index is 0.986. The summed E-state index contributed by atoms with van der Waals surface area (Å²) in [5.74, 6) is 1.43. The molecule has 0 bridgehead atoms. The van der Waals surface area contributed by atoms with Crippen LogP contribution >= 0.6 is 11.8 Å². The number of unbranched alkanes of at least 4 members (excludes halogenated alkanes) is 5. The van der Waals surface area contributed by atoms with Gasteiger partial charge < -0.3 is 4.90 Å². The van der Waals surface area contributed by atoms with Crippen molar-refractivity contribution in [2.24, 2.45) is 11.3 Å². The van der Waals surface area contributed by atoms with E-state index < -0.39 is 6.04 Å². The van der Waals surface area contributed by atoms with E-state index in [-0.39, 0.29) is 17.7 Å². The van der Waals surface area contributed by atoms with E-state index in [0.717, 1.165) is 27.5 Å². The second-order valence-corrected chi connectivity index (χ2v) is 12.2. The van der Waals surface area contributed by atoms with Gasteiger partial charge in [0.15, 0.2) is 0 Å². The first-order chi connectivity index (χ1) is 16.5. The first-order valence-corrected chi connectivity index (χ1v) is 14.4. The number of carbonyl (C=O) groups is 3. The summed E-state index contributed by atoms with van der Waals surface area (Å²) >= 11 is 1.83. The van der Waals surface area contributed by atoms with Gasteiger partial charge in [-0.2, -0.15) is 0 Å². The fourth-order valence-corrected chi connectivity index (χ4v) is 7.66. The van der Waals surface area contributed by atoms with Crippen LogP contribution in [0.15, 0.2) is 23.1 Å². The average Bonchev–Trinajstić information content (AvgIpc) is 3.09. The van der Waals surface area contributed by atoms with Crippen LogP contribution in [0.4, 0.5) is 0 Å². The summed E-state index contributed by atoms with van der Waals surface area (Å²) < 4.78 is 0. The number of nitrogens with one attached hydrogen (secondary N) is 1. The number of nitrogens with zero attached hydrogens (tertiary/aromatic N) is 1. The molecule has 184 valence electrons. The third-order valence-corrected chi connectivity index (χ3v) is 9.85. The van der Waals surface area contributed by atoms with E-state index in [1.165, 1.54) is 77.0 Å². The highest BCUT2D eigenvalue weighted by molar-refractivity contribution is 7.99. The Morgan fingerprint density at radius 3 is 2.50 bits per heavy atom. The van der Waals surface area contributed by atoms with Crippen LogP contribution in [0, 0.1) is 11.3 Å². The van der Waals surface area contributed by atoms with Crippen molar-refractivity contribution in [3.8, 4) is 0 Å². The van der Waals surface area contributed by atoms with E-state index >= 15 is 0 Å². The molecule has 1 aromatic carbocycles. The number of carbonyl (C=O) groups excluding carboxylic acids is 3. The normalized spacial score (nSPS) is 23.6. The molecule has 0 aromatic heterocycles. The molecular weight excluding hydrogens is 444 g/mol. The summed E-state index contributed by atoms with van der Waals surface area (Å²) in [5, 5.41) is 2.38. The predicted molar refractivity (Wildman–Crippen MR) is 135 cm³/mol. The summed E-state index contributed by atoms with van der Waals surface area (Å²) in [6.07, 6.45) is 17.7. The van der Waals surface area contributed by atoms with E-state index in [1.54, 1.807) is 4.90 Å². The first-order valence-electron chi connectivity index (χ1n) is 13.4. The summed E-state index contributed by atoms with van der Waals surface area (Å²) in [4.78, 5) is 39.5. The smallest absolute Gasteiger partial charge is 0.255 e. The summed E-state index contributed by atoms with van der Waals surface area (Å²) in [6.45, 7) is 0.464. The molecule has 3 fully saturated rings. The molecule has 4 aliphatic rings. The fourth-order valence-electron chi connectivity index (χ4n) is 6.57. The Bertz CT molecular complexity index is 934. The van der Waals surface area contributed by atoms with Gasteiger partial charge in [0.25, 0.3) is 5.91 Å². The van der Waals surface area contributed by atoms with Gasteiger partial charge >= 0.3 is 0 Å². The molecule has 2 heterocycles. The molecule has 6 heteroatoms. The van der Waals surface area contributed by atoms with E-state index in [0.29, 0.717) is 24.9 Å². The molecule has 2 aliphatic heterocycles. The number of hydrogen-bond donors (Lipinski definition) is 1. The number of amides is 3. The van der Waals surface area contributed by atoms with Crippen LogP contribution in [0.25, 0.3) is 0 Å². The van der Waals surface area contributed by atoms with Gasteiger partial charge in [0.05, 0.1) is 0 Å². The Kier molecular flexibility index (Phi) is 7.33. The number of piperidine rings is 1. The number of thioether (sulfide) groups is 1. The van der Waals surface area contributed by atoms with Gasteiger partial charge in [0.1, 0.15) is 6.04 Å². The summed E-state index contributed by atoms with van der Waals surface area (Å²) in [5.41, 5.74) is 2.59. The number of fused-ring (bicyclic) bond motifs is 1. The van der Waals surface area contributed by atoms with Crippen LogP contribution in [0.1, 0.15) is 106 Å². The molecule has 1 spiro atoms. The van der Waals surface area contributed by atoms with Crippen molar-refractivity contribution < 1.29 is 14.4 Å². The minimum Gasteiger partial charge on any atom is -0.322 e.